The van der Waals surface area contributed by atoms with E-state index >= 15 is 0 Å². The van der Waals surface area contributed by atoms with E-state index in [4.69, 9.17) is 23.2 Å². The molecule has 40 heavy (non-hydrogen) atoms. The van der Waals surface area contributed by atoms with Gasteiger partial charge in [-0.1, -0.05) is 60.0 Å². The highest BCUT2D eigenvalue weighted by Crippen LogP contribution is 2.32. The largest absolute Gasteiger partial charge is 0.341 e. The maximum absolute atomic E-state index is 13.9. The number of hydrogen-bond donors (Lipinski definition) is 0. The molecule has 0 bridgehead atoms. The highest BCUT2D eigenvalue weighted by molar-refractivity contribution is 6.35. The SMILES string of the molecule is Cl.Cl.O=C([C@@H](Cc1ccc(Cl)cc1Cl)N1CCCCC1)N1CCC(c2ccccc2CCN2CC[C@@H](F)C2)CC1. The van der Waals surface area contributed by atoms with Crippen LogP contribution in [0.4, 0.5) is 4.39 Å². The molecule has 2 atom stereocenters. The summed E-state index contributed by atoms with van der Waals surface area (Å²) in [6, 6.07) is 14.2. The van der Waals surface area contributed by atoms with Gasteiger partial charge in [0.1, 0.15) is 6.17 Å². The number of halogens is 5. The Morgan fingerprint density at radius 1 is 0.900 bits per heavy atom. The van der Waals surface area contributed by atoms with Crippen molar-refractivity contribution < 1.29 is 9.18 Å². The summed E-state index contributed by atoms with van der Waals surface area (Å²) in [5, 5.41) is 1.26. The fourth-order valence-electron chi connectivity index (χ4n) is 6.55. The molecular weight excluding hydrogens is 591 g/mol. The van der Waals surface area contributed by atoms with Crippen molar-refractivity contribution in [2.24, 2.45) is 0 Å². The first kappa shape index (κ1) is 33.4. The summed E-state index contributed by atoms with van der Waals surface area (Å²) in [6.07, 6.45) is 7.04. The number of alkyl halides is 1. The molecule has 3 aliphatic heterocycles. The van der Waals surface area contributed by atoms with Gasteiger partial charge in [-0.3, -0.25) is 9.69 Å². The Hall–Kier alpha value is -1.08. The summed E-state index contributed by atoms with van der Waals surface area (Å²) in [4.78, 5) is 20.7. The highest BCUT2D eigenvalue weighted by Gasteiger charge is 2.34. The van der Waals surface area contributed by atoms with Gasteiger partial charge >= 0.3 is 0 Å². The van der Waals surface area contributed by atoms with Gasteiger partial charge in [-0.05, 0) is 92.8 Å². The van der Waals surface area contributed by atoms with E-state index in [1.54, 1.807) is 6.07 Å². The molecule has 222 valence electrons. The first-order valence-electron chi connectivity index (χ1n) is 14.4. The van der Waals surface area contributed by atoms with E-state index in [-0.39, 0.29) is 36.8 Å². The minimum absolute atomic E-state index is 0. The number of amides is 1. The second kappa shape index (κ2) is 16.0. The molecule has 4 nitrogen and oxygen atoms in total. The zero-order valence-electron chi connectivity index (χ0n) is 23.1. The summed E-state index contributed by atoms with van der Waals surface area (Å²) in [6.45, 7) is 5.85. The zero-order chi connectivity index (χ0) is 26.5. The second-order valence-corrected chi connectivity index (χ2v) is 12.1. The Balaban J connectivity index is 0.00000220. The Bertz CT molecular complexity index is 1090. The molecule has 5 rings (SSSR count). The predicted molar refractivity (Wildman–Crippen MR) is 169 cm³/mol. The van der Waals surface area contributed by atoms with Gasteiger partial charge in [-0.15, -0.1) is 24.8 Å². The maximum atomic E-state index is 13.9. The van der Waals surface area contributed by atoms with Crippen molar-refractivity contribution in [3.05, 3.63) is 69.2 Å². The molecule has 3 aliphatic rings. The van der Waals surface area contributed by atoms with E-state index in [2.05, 4.69) is 39.0 Å². The van der Waals surface area contributed by atoms with Crippen LogP contribution >= 0.6 is 48.0 Å². The van der Waals surface area contributed by atoms with Crippen LogP contribution in [-0.2, 0) is 17.6 Å². The van der Waals surface area contributed by atoms with E-state index in [9.17, 15) is 9.18 Å². The average Bonchev–Trinajstić information content (AvgIpc) is 3.37. The number of carbonyl (C=O) groups is 1. The van der Waals surface area contributed by atoms with Crippen molar-refractivity contribution in [1.82, 2.24) is 14.7 Å². The number of rotatable bonds is 8. The summed E-state index contributed by atoms with van der Waals surface area (Å²) >= 11 is 12.7. The van der Waals surface area contributed by atoms with Gasteiger partial charge in [0.2, 0.25) is 5.91 Å². The fraction of sp³-hybridized carbons (Fsp3) is 0.581. The van der Waals surface area contributed by atoms with E-state index in [1.165, 1.54) is 17.5 Å². The molecule has 9 heteroatoms. The Kier molecular flexibility index (Phi) is 13.3. The van der Waals surface area contributed by atoms with Crippen LogP contribution in [0.5, 0.6) is 0 Å². The second-order valence-electron chi connectivity index (χ2n) is 11.3. The number of nitrogens with zero attached hydrogens (tertiary/aromatic N) is 3. The van der Waals surface area contributed by atoms with E-state index < -0.39 is 6.17 Å². The quantitative estimate of drug-likeness (QED) is 0.307. The topological polar surface area (TPSA) is 26.8 Å². The lowest BCUT2D eigenvalue weighted by Gasteiger charge is -2.39. The van der Waals surface area contributed by atoms with Crippen molar-refractivity contribution in [3.8, 4) is 0 Å². The highest BCUT2D eigenvalue weighted by atomic mass is 35.5. The zero-order valence-corrected chi connectivity index (χ0v) is 26.2. The van der Waals surface area contributed by atoms with E-state index in [0.29, 0.717) is 35.3 Å². The molecular formula is C31H42Cl4FN3O. The predicted octanol–water partition coefficient (Wildman–Crippen LogP) is 7.23. The normalized spacial score (nSPS) is 21.5. The standard InChI is InChI=1S/C31H40Cl2FN3O.2ClH/c32-26-9-8-25(29(33)21-26)20-30(36-14-4-1-5-15-36)31(38)37-18-11-24(12-19-37)28-7-3-2-6-23(28)10-16-35-17-13-27(34)22-35;;/h2-3,6-9,21,24,27,30H,1,4-5,10-20,22H2;2*1H/t27-,30-;;/m1../s1. The van der Waals surface area contributed by atoms with Crippen molar-refractivity contribution in [2.75, 3.05) is 45.8 Å². The molecule has 3 fully saturated rings. The summed E-state index contributed by atoms with van der Waals surface area (Å²) in [5.41, 5.74) is 3.78. The number of carbonyl (C=O) groups excluding carboxylic acids is 1. The van der Waals surface area contributed by atoms with E-state index in [1.807, 2.05) is 12.1 Å². The van der Waals surface area contributed by atoms with Gasteiger partial charge in [0.25, 0.3) is 0 Å². The molecule has 0 radical (unpaired) electrons. The monoisotopic (exact) mass is 631 g/mol. The number of likely N-dealkylation sites (tertiary alicyclic amines) is 3. The fourth-order valence-corrected chi connectivity index (χ4v) is 7.03. The third-order valence-electron chi connectivity index (χ3n) is 8.76. The molecule has 2 aromatic rings. The minimum Gasteiger partial charge on any atom is -0.341 e. The Labute approximate surface area is 261 Å². The van der Waals surface area contributed by atoms with Gasteiger partial charge in [0, 0.05) is 42.8 Å². The maximum Gasteiger partial charge on any atom is 0.240 e. The molecule has 2 aromatic carbocycles. The molecule has 0 aromatic heterocycles. The van der Waals surface area contributed by atoms with Crippen molar-refractivity contribution in [1.29, 1.82) is 0 Å². The van der Waals surface area contributed by atoms with Gasteiger partial charge in [-0.25, -0.2) is 4.39 Å². The van der Waals surface area contributed by atoms with Crippen LogP contribution in [0, 0.1) is 0 Å². The first-order chi connectivity index (χ1) is 18.5. The molecule has 3 saturated heterocycles. The summed E-state index contributed by atoms with van der Waals surface area (Å²) < 4.78 is 13.6. The molecule has 3 heterocycles. The van der Waals surface area contributed by atoms with Crippen LogP contribution in [0.25, 0.3) is 0 Å². The third-order valence-corrected chi connectivity index (χ3v) is 9.35. The Morgan fingerprint density at radius 3 is 2.30 bits per heavy atom. The lowest BCUT2D eigenvalue weighted by molar-refractivity contribution is -0.138. The van der Waals surface area contributed by atoms with E-state index in [0.717, 1.165) is 76.9 Å². The first-order valence-corrected chi connectivity index (χ1v) is 15.1. The van der Waals surface area contributed by atoms with Crippen molar-refractivity contribution >= 4 is 53.9 Å². The molecule has 0 spiro atoms. The number of benzene rings is 2. The summed E-state index contributed by atoms with van der Waals surface area (Å²) in [7, 11) is 0. The Morgan fingerprint density at radius 2 is 1.62 bits per heavy atom. The molecule has 0 aliphatic carbocycles. The van der Waals surface area contributed by atoms with Crippen LogP contribution in [0.3, 0.4) is 0 Å². The van der Waals surface area contributed by atoms with Crippen LogP contribution in [-0.4, -0.2) is 78.6 Å². The van der Waals surface area contributed by atoms with Gasteiger partial charge < -0.3 is 9.80 Å². The van der Waals surface area contributed by atoms with Crippen LogP contribution in [0.2, 0.25) is 10.0 Å². The molecule has 1 amide bonds. The third kappa shape index (κ3) is 8.49. The van der Waals surface area contributed by atoms with Gasteiger partial charge in [0.05, 0.1) is 6.04 Å². The average molecular weight is 634 g/mol. The number of piperidine rings is 2. The van der Waals surface area contributed by atoms with Crippen LogP contribution in [0.15, 0.2) is 42.5 Å². The summed E-state index contributed by atoms with van der Waals surface area (Å²) in [5.74, 6) is 0.696. The molecule has 0 saturated carbocycles. The van der Waals surface area contributed by atoms with Crippen molar-refractivity contribution in [2.45, 2.75) is 69.5 Å². The van der Waals surface area contributed by atoms with Crippen LogP contribution in [0.1, 0.15) is 61.1 Å². The minimum atomic E-state index is -0.670. The van der Waals surface area contributed by atoms with Crippen molar-refractivity contribution in [3.63, 3.8) is 0 Å². The van der Waals surface area contributed by atoms with Gasteiger partial charge in [-0.2, -0.15) is 0 Å². The lowest BCUT2D eigenvalue weighted by atomic mass is 9.85. The van der Waals surface area contributed by atoms with Gasteiger partial charge in [0.15, 0.2) is 0 Å². The number of hydrogen-bond acceptors (Lipinski definition) is 3. The smallest absolute Gasteiger partial charge is 0.240 e. The molecule has 0 unspecified atom stereocenters. The molecule has 0 N–H and O–H groups in total. The lowest BCUT2D eigenvalue weighted by Crippen LogP contribution is -2.53. The van der Waals surface area contributed by atoms with Crippen LogP contribution < -0.4 is 0 Å².